The average molecular weight is 1260 g/mol. The summed E-state index contributed by atoms with van der Waals surface area (Å²) in [4.78, 5) is 62.6. The molecule has 12 heterocycles. The van der Waals surface area contributed by atoms with E-state index in [0.29, 0.717) is 54.0 Å². The second-order valence-electron chi connectivity index (χ2n) is 14.7. The molecule has 0 aromatic carbocycles. The van der Waals surface area contributed by atoms with Crippen LogP contribution in [0.5, 0.6) is 20.8 Å². The lowest BCUT2D eigenvalue weighted by atomic mass is 10.3. The minimum Gasteiger partial charge on any atom is -0.470 e. The minimum atomic E-state index is -0.884. The molecule has 0 unspecified atom stereocenters. The van der Waals surface area contributed by atoms with E-state index < -0.39 is 23.1 Å². The lowest BCUT2D eigenvalue weighted by Crippen LogP contribution is -2.22. The second kappa shape index (κ2) is 25.0. The maximum absolute atomic E-state index is 13.7. The predicted molar refractivity (Wildman–Crippen MR) is 274 cm³/mol. The van der Waals surface area contributed by atoms with Gasteiger partial charge >= 0.3 is 22.8 Å². The van der Waals surface area contributed by atoms with Crippen LogP contribution in [0.2, 0.25) is 5.22 Å². The first-order valence-electron chi connectivity index (χ1n) is 23.3. The normalized spacial score (nSPS) is 11.6. The third-order valence-electron chi connectivity index (χ3n) is 9.82. The number of furan rings is 4. The Kier molecular flexibility index (Phi) is 15.7. The van der Waals surface area contributed by atoms with E-state index in [1.165, 1.54) is 92.6 Å². The van der Waals surface area contributed by atoms with Crippen molar-refractivity contribution < 1.29 is 46.5 Å². The van der Waals surface area contributed by atoms with Crippen molar-refractivity contribution >= 4 is 72.9 Å². The van der Waals surface area contributed by atoms with Crippen LogP contribution in [0.4, 0.5) is 4.39 Å². The van der Waals surface area contributed by atoms with E-state index in [1.807, 2.05) is 0 Å². The van der Waals surface area contributed by atoms with Crippen LogP contribution in [-0.2, 0) is 54.6 Å². The van der Waals surface area contributed by atoms with E-state index in [9.17, 15) is 23.6 Å². The number of ether oxygens (including phenoxy) is 4. The van der Waals surface area contributed by atoms with E-state index >= 15 is 0 Å². The molecule has 39 heteroatoms. The Morgan fingerprint density at radius 3 is 1.29 bits per heavy atom. The molecule has 0 saturated heterocycles. The SMILES string of the molecule is [3H]c1csc(OCc2c(-n3nnn(C)c3=O)coc2Br)n1.[3H]c1csc(OCc2c(-n3nnn(C)c3=O)coc2Cl)n1.[3H]c1csc(OCc2c(-n3nnn(C)c3=O)coc2F)n1.[3H]c1csc(OCc2cocc2-n2nnn(C)c2=O)n1. The van der Waals surface area contributed by atoms with Crippen LogP contribution in [0, 0.1) is 6.01 Å². The topological polar surface area (TPSA) is 352 Å². The van der Waals surface area contributed by atoms with E-state index in [2.05, 4.69) is 82.0 Å². The lowest BCUT2D eigenvalue weighted by molar-refractivity contribution is 0.280. The van der Waals surface area contributed by atoms with Crippen molar-refractivity contribution in [2.75, 3.05) is 0 Å². The van der Waals surface area contributed by atoms with Gasteiger partial charge in [0.05, 0.1) is 34.0 Å². The third kappa shape index (κ3) is 12.7. The Bertz CT molecular complexity index is 4080. The number of nitrogens with zero attached hydrogens (tertiary/aromatic N) is 20. The van der Waals surface area contributed by atoms with Crippen molar-refractivity contribution in [2.24, 2.45) is 28.2 Å². The minimum absolute atomic E-state index is 0.0133. The molecule has 0 saturated carbocycles. The predicted octanol–water partition coefficient (Wildman–Crippen LogP) is 3.93. The molecular weight excluding hydrogens is 1220 g/mol. The summed E-state index contributed by atoms with van der Waals surface area (Å²) in [6.07, 6.45) is 7.09. The Balaban J connectivity index is 0.000000133. The Labute approximate surface area is 471 Å². The number of halogens is 3. The summed E-state index contributed by atoms with van der Waals surface area (Å²) < 4.78 is 93.6. The molecule has 0 amide bonds. The number of aromatic nitrogens is 20. The highest BCUT2D eigenvalue weighted by molar-refractivity contribution is 9.10. The van der Waals surface area contributed by atoms with Gasteiger partial charge in [-0.3, -0.25) is 0 Å². The standard InChI is InChI=1S/C10H8BrN5O3S.C10H8ClN5O3S.C10H8FN5O3S.C10H9N5O3S/c3*1-15-10(17)16(14-13-15)7-5-18-8(11)6(7)4-19-9-12-2-3-20-9;1-14-10(16)15(13-12-14)8-6-17-4-7(8)5-18-9-11-2-3-19-9/h3*2-3,5H,4H2,1H3;2-4,6H,5H2,1H3/i4*2T. The molecule has 12 aromatic heterocycles. The summed E-state index contributed by atoms with van der Waals surface area (Å²) in [7, 11) is 5.91. The molecule has 0 N–H and O–H groups in total. The van der Waals surface area contributed by atoms with Crippen LogP contribution in [0.15, 0.2) is 119 Å². The lowest BCUT2D eigenvalue weighted by Gasteiger charge is -2.03. The van der Waals surface area contributed by atoms with Crippen LogP contribution < -0.4 is 41.7 Å². The molecule has 0 atom stereocenters. The largest absolute Gasteiger partial charge is 0.470 e. The first kappa shape index (κ1) is 49.6. The molecule has 0 spiro atoms. The quantitative estimate of drug-likeness (QED) is 0.132. The van der Waals surface area contributed by atoms with Crippen molar-refractivity contribution in [1.82, 2.24) is 99.1 Å². The van der Waals surface area contributed by atoms with Gasteiger partial charge in [-0.1, -0.05) is 45.3 Å². The number of tetrazole rings is 4. The van der Waals surface area contributed by atoms with E-state index in [-0.39, 0.29) is 78.5 Å². The van der Waals surface area contributed by atoms with Gasteiger partial charge in [-0.25, -0.2) is 39.1 Å². The van der Waals surface area contributed by atoms with Crippen molar-refractivity contribution in [3.63, 3.8) is 0 Å². The Morgan fingerprint density at radius 1 is 0.506 bits per heavy atom. The highest BCUT2D eigenvalue weighted by Gasteiger charge is 2.22. The van der Waals surface area contributed by atoms with Crippen LogP contribution in [0.1, 0.15) is 27.7 Å². The van der Waals surface area contributed by atoms with Gasteiger partial charge in [0.25, 0.3) is 26.8 Å². The molecule has 0 radical (unpaired) electrons. The third-order valence-corrected chi connectivity index (χ3v) is 13.3. The van der Waals surface area contributed by atoms with Gasteiger partial charge in [0.2, 0.25) is 5.22 Å². The van der Waals surface area contributed by atoms with E-state index in [4.69, 9.17) is 49.3 Å². The fraction of sp³-hybridized carbons (Fsp3) is 0.200. The van der Waals surface area contributed by atoms with Gasteiger partial charge < -0.3 is 36.6 Å². The summed E-state index contributed by atoms with van der Waals surface area (Å²) in [5, 5.41) is 36.8. The summed E-state index contributed by atoms with van der Waals surface area (Å²) in [6, 6.07) is -0.884. The fourth-order valence-corrected chi connectivity index (χ4v) is 8.34. The molecule has 0 aliphatic carbocycles. The first-order chi connectivity index (χ1) is 39.8. The molecule has 0 aliphatic rings. The average Bonchev–Trinajstić information content (AvgIpc) is 4.34. The summed E-state index contributed by atoms with van der Waals surface area (Å²) in [6.45, 7) is 0.0818. The molecule has 0 bridgehead atoms. The van der Waals surface area contributed by atoms with Crippen molar-refractivity contribution in [2.45, 2.75) is 26.4 Å². The highest BCUT2D eigenvalue weighted by Crippen LogP contribution is 2.29. The summed E-state index contributed by atoms with van der Waals surface area (Å²) in [5.74, 6) is 0. The number of hydrogen-bond donors (Lipinski definition) is 0. The monoisotopic (exact) mass is 1250 g/mol. The molecule has 32 nitrogen and oxygen atoms in total. The highest BCUT2D eigenvalue weighted by atomic mass is 79.9. The van der Waals surface area contributed by atoms with Gasteiger partial charge in [0.15, 0.2) is 4.67 Å². The zero-order chi connectivity index (χ0) is 59.1. The number of hydrogen-bond acceptors (Lipinski definition) is 28. The van der Waals surface area contributed by atoms with Crippen molar-refractivity contribution in [3.8, 4) is 43.5 Å². The summed E-state index contributed by atoms with van der Waals surface area (Å²) >= 11 is 14.0. The van der Waals surface area contributed by atoms with Gasteiger partial charge in [-0.15, -0.1) is 0 Å². The zero-order valence-electron chi connectivity index (χ0n) is 44.1. The smallest absolute Gasteiger partial charge is 0.368 e. The number of rotatable bonds is 16. The molecule has 12 aromatic rings. The molecule has 0 fully saturated rings. The Morgan fingerprint density at radius 2 is 0.873 bits per heavy atom. The molecule has 0 aliphatic heterocycles. The van der Waals surface area contributed by atoms with Gasteiger partial charge in [-0.05, 0) is 69.2 Å². The van der Waals surface area contributed by atoms with Crippen LogP contribution in [-0.4, -0.2) is 99.1 Å². The number of aryl methyl sites for hydroxylation is 4. The molecular formula is C40H33BrClFN20O12S4. The van der Waals surface area contributed by atoms with Gasteiger partial charge in [0, 0.05) is 74.4 Å². The fourth-order valence-electron chi connectivity index (χ4n) is 5.98. The second-order valence-corrected chi connectivity index (χ2v) is 19.1. The Hall–Kier alpha value is -8.98. The zero-order valence-corrected chi connectivity index (χ0v) is 45.7. The van der Waals surface area contributed by atoms with Gasteiger partial charge in [-0.2, -0.15) is 41.8 Å². The number of thiazole rings is 4. The maximum Gasteiger partial charge on any atom is 0.368 e. The molecule has 12 rings (SSSR count). The van der Waals surface area contributed by atoms with Crippen molar-refractivity contribution in [1.29, 1.82) is 0 Å². The maximum atomic E-state index is 13.7. The van der Waals surface area contributed by atoms with E-state index in [0.717, 1.165) is 55.1 Å². The first-order valence-corrected chi connectivity index (χ1v) is 26.0. The van der Waals surface area contributed by atoms with E-state index in [1.54, 1.807) is 16.1 Å². The van der Waals surface area contributed by atoms with Crippen molar-refractivity contribution in [3.05, 3.63) is 158 Å². The summed E-state index contributed by atoms with van der Waals surface area (Å²) in [5.41, 5.74) is 1.29. The molecule has 410 valence electrons. The molecule has 79 heavy (non-hydrogen) atoms. The van der Waals surface area contributed by atoms with Gasteiger partial charge in [0.1, 0.15) is 74.2 Å². The van der Waals surface area contributed by atoms with Crippen LogP contribution in [0.25, 0.3) is 22.7 Å². The van der Waals surface area contributed by atoms with Crippen LogP contribution in [0.3, 0.4) is 0 Å². The van der Waals surface area contributed by atoms with Crippen LogP contribution >= 0.6 is 72.9 Å².